The Morgan fingerprint density at radius 3 is 2.72 bits per heavy atom. The molecule has 1 aliphatic heterocycles. The van der Waals surface area contributed by atoms with Crippen LogP contribution in [-0.4, -0.2) is 28.1 Å². The summed E-state index contributed by atoms with van der Waals surface area (Å²) in [6.07, 6.45) is 5.35. The molecule has 6 heteroatoms. The minimum atomic E-state index is -0.369. The Morgan fingerprint density at radius 1 is 1.17 bits per heavy atom. The van der Waals surface area contributed by atoms with Gasteiger partial charge in [-0.25, -0.2) is 4.39 Å². The second-order valence-corrected chi connectivity index (χ2v) is 10.3. The molecule has 36 heavy (non-hydrogen) atoms. The van der Waals surface area contributed by atoms with Gasteiger partial charge in [-0.2, -0.15) is 0 Å². The SMILES string of the molecule is Cc1[nH]c(/C=C2\C(=O)Nc3ccc(F)cc32)c(C)c1C(C)NC1CC(CCc2ccccc2)CC1O. The summed E-state index contributed by atoms with van der Waals surface area (Å²) in [6.45, 7) is 6.19. The van der Waals surface area contributed by atoms with Gasteiger partial charge in [0.05, 0.1) is 11.7 Å². The first-order chi connectivity index (χ1) is 17.3. The maximum absolute atomic E-state index is 13.8. The van der Waals surface area contributed by atoms with E-state index >= 15 is 0 Å². The van der Waals surface area contributed by atoms with Crippen molar-refractivity contribution in [2.45, 2.75) is 64.6 Å². The number of aliphatic hydroxyl groups excluding tert-OH is 1. The lowest BCUT2D eigenvalue weighted by molar-refractivity contribution is -0.110. The van der Waals surface area contributed by atoms with Crippen LogP contribution in [0.5, 0.6) is 0 Å². The zero-order valence-corrected chi connectivity index (χ0v) is 21.1. The summed E-state index contributed by atoms with van der Waals surface area (Å²) in [6, 6.07) is 14.9. The minimum absolute atomic E-state index is 0.0306. The number of hydrogen-bond acceptors (Lipinski definition) is 3. The van der Waals surface area contributed by atoms with Crippen LogP contribution < -0.4 is 10.6 Å². The van der Waals surface area contributed by atoms with Gasteiger partial charge in [0.15, 0.2) is 0 Å². The molecule has 4 atom stereocenters. The van der Waals surface area contributed by atoms with Crippen LogP contribution in [0, 0.1) is 25.6 Å². The fourth-order valence-electron chi connectivity index (χ4n) is 5.98. The molecule has 2 aliphatic rings. The van der Waals surface area contributed by atoms with E-state index in [-0.39, 0.29) is 29.9 Å². The number of rotatable bonds is 7. The number of benzene rings is 2. The average molecular weight is 488 g/mol. The summed E-state index contributed by atoms with van der Waals surface area (Å²) in [7, 11) is 0. The lowest BCUT2D eigenvalue weighted by Gasteiger charge is -2.23. The molecule has 2 heterocycles. The first-order valence-electron chi connectivity index (χ1n) is 12.8. The van der Waals surface area contributed by atoms with Crippen LogP contribution >= 0.6 is 0 Å². The molecule has 1 amide bonds. The Labute approximate surface area is 211 Å². The molecule has 2 aromatic carbocycles. The molecule has 1 aliphatic carbocycles. The molecule has 0 radical (unpaired) electrons. The third-order valence-corrected chi connectivity index (χ3v) is 7.80. The van der Waals surface area contributed by atoms with E-state index in [9.17, 15) is 14.3 Å². The highest BCUT2D eigenvalue weighted by Crippen LogP contribution is 2.36. The summed E-state index contributed by atoms with van der Waals surface area (Å²) < 4.78 is 13.8. The summed E-state index contributed by atoms with van der Waals surface area (Å²) >= 11 is 0. The van der Waals surface area contributed by atoms with Crippen LogP contribution in [0.1, 0.15) is 65.9 Å². The smallest absolute Gasteiger partial charge is 0.256 e. The first kappa shape index (κ1) is 24.5. The van der Waals surface area contributed by atoms with E-state index in [4.69, 9.17) is 0 Å². The second-order valence-electron chi connectivity index (χ2n) is 10.3. The minimum Gasteiger partial charge on any atom is -0.391 e. The number of nitrogens with one attached hydrogen (secondary N) is 3. The van der Waals surface area contributed by atoms with E-state index in [1.54, 1.807) is 6.07 Å². The number of aliphatic hydroxyl groups is 1. The van der Waals surface area contributed by atoms with E-state index < -0.39 is 0 Å². The molecule has 1 fully saturated rings. The molecule has 1 saturated carbocycles. The van der Waals surface area contributed by atoms with E-state index in [1.807, 2.05) is 26.0 Å². The third kappa shape index (κ3) is 4.88. The monoisotopic (exact) mass is 487 g/mol. The van der Waals surface area contributed by atoms with Crippen molar-refractivity contribution in [2.75, 3.05) is 5.32 Å². The molecule has 0 saturated heterocycles. The van der Waals surface area contributed by atoms with Crippen molar-refractivity contribution in [3.63, 3.8) is 0 Å². The average Bonchev–Trinajstić information content (AvgIpc) is 3.45. The molecule has 1 aromatic heterocycles. The van der Waals surface area contributed by atoms with E-state index in [2.05, 4.69) is 46.8 Å². The van der Waals surface area contributed by atoms with Gasteiger partial charge in [-0.05, 0) is 93.3 Å². The normalized spacial score (nSPS) is 23.2. The molecule has 4 unspecified atom stereocenters. The zero-order chi connectivity index (χ0) is 25.4. The van der Waals surface area contributed by atoms with Gasteiger partial charge in [0, 0.05) is 34.7 Å². The number of aromatic amines is 1. The number of hydrogen-bond donors (Lipinski definition) is 4. The van der Waals surface area contributed by atoms with Gasteiger partial charge in [0.2, 0.25) is 0 Å². The highest BCUT2D eigenvalue weighted by atomic mass is 19.1. The summed E-state index contributed by atoms with van der Waals surface area (Å²) in [5, 5.41) is 17.3. The standard InChI is InChI=1S/C30H34FN3O2/c1-17-26(16-24-23-15-22(31)11-12-25(23)34-30(24)36)32-18(2)29(17)19(3)33-27-13-21(14-28(27)35)10-9-20-7-5-4-6-8-20/h4-8,11-12,15-16,19,21,27-28,32-33,35H,9-10,13-14H2,1-3H3,(H,34,36)/b24-16-. The van der Waals surface area contributed by atoms with Crippen molar-refractivity contribution in [2.24, 2.45) is 5.92 Å². The van der Waals surface area contributed by atoms with Crippen LogP contribution in [0.3, 0.4) is 0 Å². The first-order valence-corrected chi connectivity index (χ1v) is 12.8. The van der Waals surface area contributed by atoms with Crippen LogP contribution in [0.25, 0.3) is 11.6 Å². The van der Waals surface area contributed by atoms with Crippen LogP contribution in [-0.2, 0) is 11.2 Å². The predicted molar refractivity (Wildman–Crippen MR) is 142 cm³/mol. The zero-order valence-electron chi connectivity index (χ0n) is 21.1. The van der Waals surface area contributed by atoms with Gasteiger partial charge >= 0.3 is 0 Å². The lowest BCUT2D eigenvalue weighted by atomic mass is 9.97. The number of carbonyl (C=O) groups is 1. The number of amides is 1. The Morgan fingerprint density at radius 2 is 1.94 bits per heavy atom. The molecule has 188 valence electrons. The number of aryl methyl sites for hydroxylation is 2. The molecule has 0 bridgehead atoms. The maximum atomic E-state index is 13.8. The van der Waals surface area contributed by atoms with Crippen molar-refractivity contribution >= 4 is 23.2 Å². The Balaban J connectivity index is 1.29. The highest BCUT2D eigenvalue weighted by Gasteiger charge is 2.34. The van der Waals surface area contributed by atoms with Crippen LogP contribution in [0.4, 0.5) is 10.1 Å². The van der Waals surface area contributed by atoms with Gasteiger partial charge in [0.1, 0.15) is 5.82 Å². The van der Waals surface area contributed by atoms with Crippen molar-refractivity contribution in [1.82, 2.24) is 10.3 Å². The van der Waals surface area contributed by atoms with E-state index in [0.717, 1.165) is 48.2 Å². The topological polar surface area (TPSA) is 77.2 Å². The van der Waals surface area contributed by atoms with E-state index in [0.29, 0.717) is 22.7 Å². The lowest BCUT2D eigenvalue weighted by Crippen LogP contribution is -2.37. The Kier molecular flexibility index (Phi) is 6.82. The molecule has 0 spiro atoms. The number of anilines is 1. The van der Waals surface area contributed by atoms with Gasteiger partial charge in [0.25, 0.3) is 5.91 Å². The van der Waals surface area contributed by atoms with Crippen LogP contribution in [0.15, 0.2) is 48.5 Å². The molecular formula is C30H34FN3O2. The van der Waals surface area contributed by atoms with Crippen molar-refractivity contribution in [3.05, 3.63) is 88.0 Å². The molecule has 5 nitrogen and oxygen atoms in total. The maximum Gasteiger partial charge on any atom is 0.256 e. The Bertz CT molecular complexity index is 1300. The second kappa shape index (κ2) is 10.0. The van der Waals surface area contributed by atoms with Gasteiger partial charge in [-0.1, -0.05) is 30.3 Å². The van der Waals surface area contributed by atoms with Gasteiger partial charge < -0.3 is 20.7 Å². The van der Waals surface area contributed by atoms with Crippen molar-refractivity contribution in [3.8, 4) is 0 Å². The number of H-pyrrole nitrogens is 1. The summed E-state index contributed by atoms with van der Waals surface area (Å²) in [5.41, 5.74) is 7.05. The number of fused-ring (bicyclic) bond motifs is 1. The van der Waals surface area contributed by atoms with Gasteiger partial charge in [-0.3, -0.25) is 4.79 Å². The fourth-order valence-corrected chi connectivity index (χ4v) is 5.98. The molecule has 4 N–H and O–H groups in total. The van der Waals surface area contributed by atoms with Crippen molar-refractivity contribution in [1.29, 1.82) is 0 Å². The number of halogens is 1. The van der Waals surface area contributed by atoms with Gasteiger partial charge in [-0.15, -0.1) is 0 Å². The largest absolute Gasteiger partial charge is 0.391 e. The molecular weight excluding hydrogens is 453 g/mol. The fraction of sp³-hybridized carbons (Fsp3) is 0.367. The summed E-state index contributed by atoms with van der Waals surface area (Å²) in [5.74, 6) is -0.100. The number of carbonyl (C=O) groups excluding carboxylic acids is 1. The van der Waals surface area contributed by atoms with Crippen molar-refractivity contribution < 1.29 is 14.3 Å². The van der Waals surface area contributed by atoms with E-state index in [1.165, 1.54) is 17.7 Å². The Hall–Kier alpha value is -3.22. The third-order valence-electron chi connectivity index (χ3n) is 7.80. The summed E-state index contributed by atoms with van der Waals surface area (Å²) in [4.78, 5) is 16.0. The molecule has 3 aromatic rings. The quantitative estimate of drug-likeness (QED) is 0.324. The predicted octanol–water partition coefficient (Wildman–Crippen LogP) is 5.69. The highest BCUT2D eigenvalue weighted by molar-refractivity contribution is 6.34. The van der Waals surface area contributed by atoms with Crippen LogP contribution in [0.2, 0.25) is 0 Å². The molecule has 5 rings (SSSR count). The number of aromatic nitrogens is 1.